The highest BCUT2D eigenvalue weighted by atomic mass is 16.2. The number of aryl methyl sites for hydroxylation is 1. The predicted molar refractivity (Wildman–Crippen MR) is 88.0 cm³/mol. The van der Waals surface area contributed by atoms with Crippen LogP contribution in [0.15, 0.2) is 42.6 Å². The van der Waals surface area contributed by atoms with Crippen molar-refractivity contribution in [1.29, 1.82) is 0 Å². The summed E-state index contributed by atoms with van der Waals surface area (Å²) in [5.41, 5.74) is 1.85. The second-order valence-corrected chi connectivity index (χ2v) is 6.36. The Hall–Kier alpha value is -2.76. The van der Waals surface area contributed by atoms with E-state index in [1.54, 1.807) is 6.20 Å². The van der Waals surface area contributed by atoms with Gasteiger partial charge in [-0.25, -0.2) is 9.97 Å². The average Bonchev–Trinajstić information content (AvgIpc) is 3.12. The number of aromatic nitrogens is 2. The smallest absolute Gasteiger partial charge is 0.235 e. The van der Waals surface area contributed by atoms with Crippen molar-refractivity contribution in [3.63, 3.8) is 0 Å². The van der Waals surface area contributed by atoms with Crippen molar-refractivity contribution in [3.8, 4) is 0 Å². The molecule has 3 heterocycles. The van der Waals surface area contributed by atoms with E-state index in [9.17, 15) is 9.59 Å². The Bertz CT molecular complexity index is 769. The number of carbonyl (C=O) groups is 2. The number of carbonyl (C=O) groups excluding carboxylic acids is 2. The van der Waals surface area contributed by atoms with Crippen molar-refractivity contribution >= 4 is 17.8 Å². The highest BCUT2D eigenvalue weighted by molar-refractivity contribution is 6.06. The summed E-state index contributed by atoms with van der Waals surface area (Å²) in [6.07, 6.45) is 1.71. The van der Waals surface area contributed by atoms with Gasteiger partial charge in [-0.15, -0.1) is 0 Å². The van der Waals surface area contributed by atoms with Crippen molar-refractivity contribution in [2.75, 3.05) is 18.0 Å². The van der Waals surface area contributed by atoms with Gasteiger partial charge in [0, 0.05) is 25.0 Å². The molecule has 2 fully saturated rings. The number of hydrogen-bond donors (Lipinski definition) is 0. The average molecular weight is 322 g/mol. The molecule has 2 unspecified atom stereocenters. The van der Waals surface area contributed by atoms with Crippen LogP contribution in [0.4, 0.5) is 5.95 Å². The number of rotatable bonds is 3. The molecule has 4 rings (SSSR count). The monoisotopic (exact) mass is 322 g/mol. The third-order valence-corrected chi connectivity index (χ3v) is 4.73. The third-order valence-electron chi connectivity index (χ3n) is 4.73. The molecule has 6 nitrogen and oxygen atoms in total. The van der Waals surface area contributed by atoms with Gasteiger partial charge in [-0.2, -0.15) is 0 Å². The summed E-state index contributed by atoms with van der Waals surface area (Å²) in [4.78, 5) is 37.4. The lowest BCUT2D eigenvalue weighted by molar-refractivity contribution is -0.140. The lowest BCUT2D eigenvalue weighted by Gasteiger charge is -2.21. The molecule has 2 amide bonds. The molecule has 0 saturated carbocycles. The SMILES string of the molecule is Cc1ccnc(N2CC3C(=O)N(Cc4ccccc4)C(=O)C3C2)n1. The van der Waals surface area contributed by atoms with Crippen LogP contribution in [0.25, 0.3) is 0 Å². The van der Waals surface area contributed by atoms with Gasteiger partial charge in [0.05, 0.1) is 18.4 Å². The fraction of sp³-hybridized carbons (Fsp3) is 0.333. The highest BCUT2D eigenvalue weighted by Crippen LogP contribution is 2.35. The van der Waals surface area contributed by atoms with Gasteiger partial charge >= 0.3 is 0 Å². The maximum absolute atomic E-state index is 12.7. The number of fused-ring (bicyclic) bond motifs is 1. The van der Waals surface area contributed by atoms with E-state index >= 15 is 0 Å². The quantitative estimate of drug-likeness (QED) is 0.799. The fourth-order valence-electron chi connectivity index (χ4n) is 3.49. The maximum Gasteiger partial charge on any atom is 0.235 e. The van der Waals surface area contributed by atoms with E-state index in [1.807, 2.05) is 48.2 Å². The summed E-state index contributed by atoms with van der Waals surface area (Å²) in [7, 11) is 0. The Morgan fingerprint density at radius 3 is 2.33 bits per heavy atom. The molecular formula is C18H18N4O2. The first kappa shape index (κ1) is 14.8. The minimum absolute atomic E-state index is 0.0796. The van der Waals surface area contributed by atoms with E-state index in [0.717, 1.165) is 11.3 Å². The number of imide groups is 1. The minimum Gasteiger partial charge on any atom is -0.339 e. The summed E-state index contributed by atoms with van der Waals surface area (Å²) in [6.45, 7) is 3.26. The van der Waals surface area contributed by atoms with Gasteiger partial charge in [0.25, 0.3) is 0 Å². The van der Waals surface area contributed by atoms with Gasteiger partial charge in [-0.1, -0.05) is 30.3 Å². The fourth-order valence-corrected chi connectivity index (χ4v) is 3.49. The molecule has 2 aliphatic heterocycles. The molecule has 0 N–H and O–H groups in total. The zero-order valence-corrected chi connectivity index (χ0v) is 13.4. The van der Waals surface area contributed by atoms with Crippen LogP contribution in [-0.4, -0.2) is 39.8 Å². The Morgan fingerprint density at radius 1 is 1.04 bits per heavy atom. The van der Waals surface area contributed by atoms with Crippen molar-refractivity contribution in [2.45, 2.75) is 13.5 Å². The summed E-state index contributed by atoms with van der Waals surface area (Å²) in [5.74, 6) is -0.136. The Kier molecular flexibility index (Phi) is 3.52. The molecule has 0 radical (unpaired) electrons. The van der Waals surface area contributed by atoms with Gasteiger partial charge in [-0.05, 0) is 18.6 Å². The molecule has 1 aromatic heterocycles. The molecule has 122 valence electrons. The molecule has 24 heavy (non-hydrogen) atoms. The van der Waals surface area contributed by atoms with Crippen molar-refractivity contribution in [2.24, 2.45) is 11.8 Å². The van der Waals surface area contributed by atoms with Crippen molar-refractivity contribution in [3.05, 3.63) is 53.9 Å². The number of benzene rings is 1. The Labute approximate surface area is 140 Å². The van der Waals surface area contributed by atoms with Crippen LogP contribution in [0, 0.1) is 18.8 Å². The molecule has 2 atom stereocenters. The van der Waals surface area contributed by atoms with E-state index in [2.05, 4.69) is 9.97 Å². The lowest BCUT2D eigenvalue weighted by Crippen LogP contribution is -2.36. The largest absolute Gasteiger partial charge is 0.339 e. The van der Waals surface area contributed by atoms with Crippen LogP contribution in [0.5, 0.6) is 0 Å². The van der Waals surface area contributed by atoms with Crippen LogP contribution in [0.2, 0.25) is 0 Å². The Balaban J connectivity index is 1.52. The van der Waals surface area contributed by atoms with Crippen LogP contribution in [0.1, 0.15) is 11.3 Å². The van der Waals surface area contributed by atoms with E-state index in [4.69, 9.17) is 0 Å². The van der Waals surface area contributed by atoms with Crippen molar-refractivity contribution in [1.82, 2.24) is 14.9 Å². The molecule has 2 saturated heterocycles. The normalized spacial score (nSPS) is 23.0. The zero-order chi connectivity index (χ0) is 16.7. The second kappa shape index (κ2) is 5.70. The summed E-state index contributed by atoms with van der Waals surface area (Å²) in [5, 5.41) is 0. The van der Waals surface area contributed by atoms with E-state index in [-0.39, 0.29) is 23.7 Å². The number of amides is 2. The molecule has 0 aliphatic carbocycles. The topological polar surface area (TPSA) is 66.4 Å². The number of nitrogens with zero attached hydrogens (tertiary/aromatic N) is 4. The number of hydrogen-bond acceptors (Lipinski definition) is 5. The number of likely N-dealkylation sites (tertiary alicyclic amines) is 1. The molecule has 0 spiro atoms. The van der Waals surface area contributed by atoms with E-state index < -0.39 is 0 Å². The molecule has 1 aromatic carbocycles. The molecule has 2 aliphatic rings. The Morgan fingerprint density at radius 2 is 1.71 bits per heavy atom. The van der Waals surface area contributed by atoms with Crippen LogP contribution in [-0.2, 0) is 16.1 Å². The second-order valence-electron chi connectivity index (χ2n) is 6.36. The van der Waals surface area contributed by atoms with E-state index in [1.165, 1.54) is 4.90 Å². The third kappa shape index (κ3) is 2.44. The van der Waals surface area contributed by atoms with Gasteiger partial charge in [0.2, 0.25) is 17.8 Å². The predicted octanol–water partition coefficient (Wildman–Crippen LogP) is 1.41. The first-order chi connectivity index (χ1) is 11.6. The maximum atomic E-state index is 12.7. The minimum atomic E-state index is -0.287. The highest BCUT2D eigenvalue weighted by Gasteiger charge is 2.52. The molecular weight excluding hydrogens is 304 g/mol. The van der Waals surface area contributed by atoms with Gasteiger partial charge in [0.15, 0.2) is 0 Å². The first-order valence-electron chi connectivity index (χ1n) is 8.07. The van der Waals surface area contributed by atoms with E-state index in [0.29, 0.717) is 25.6 Å². The molecule has 2 aromatic rings. The zero-order valence-electron chi connectivity index (χ0n) is 13.4. The van der Waals surface area contributed by atoms with Gasteiger partial charge in [-0.3, -0.25) is 14.5 Å². The summed E-state index contributed by atoms with van der Waals surface area (Å²) < 4.78 is 0. The molecule has 6 heteroatoms. The van der Waals surface area contributed by atoms with Crippen LogP contribution < -0.4 is 4.90 Å². The summed E-state index contributed by atoms with van der Waals surface area (Å²) in [6, 6.07) is 11.4. The standard InChI is InChI=1S/C18H18N4O2/c1-12-7-8-19-18(20-12)21-10-14-15(11-21)17(24)22(16(14)23)9-13-5-3-2-4-6-13/h2-8,14-15H,9-11H2,1H3. The molecule has 0 bridgehead atoms. The lowest BCUT2D eigenvalue weighted by atomic mass is 10.00. The van der Waals surface area contributed by atoms with Crippen molar-refractivity contribution < 1.29 is 9.59 Å². The number of anilines is 1. The van der Waals surface area contributed by atoms with Crippen LogP contribution >= 0.6 is 0 Å². The van der Waals surface area contributed by atoms with Gasteiger partial charge in [0.1, 0.15) is 0 Å². The first-order valence-corrected chi connectivity index (χ1v) is 8.07. The summed E-state index contributed by atoms with van der Waals surface area (Å²) >= 11 is 0. The van der Waals surface area contributed by atoms with Crippen LogP contribution in [0.3, 0.4) is 0 Å². The van der Waals surface area contributed by atoms with Gasteiger partial charge < -0.3 is 4.90 Å².